The number of carbonyl (C=O) groups is 2. The third kappa shape index (κ3) is 3.04. The molecule has 4 heteroatoms. The summed E-state index contributed by atoms with van der Waals surface area (Å²) in [5.41, 5.74) is 6.84. The van der Waals surface area contributed by atoms with Crippen LogP contribution in [0.25, 0.3) is 0 Å². The molecular formula is C21H24N2O2. The molecule has 0 aromatic heterocycles. The number of amides is 2. The van der Waals surface area contributed by atoms with Crippen molar-refractivity contribution in [3.63, 3.8) is 0 Å². The maximum absolute atomic E-state index is 13.0. The molecule has 1 N–H and O–H groups in total. The summed E-state index contributed by atoms with van der Waals surface area (Å²) in [7, 11) is 0. The second-order valence-corrected chi connectivity index (χ2v) is 6.98. The van der Waals surface area contributed by atoms with Crippen molar-refractivity contribution in [1.29, 1.82) is 0 Å². The fourth-order valence-electron chi connectivity index (χ4n) is 3.72. The van der Waals surface area contributed by atoms with Crippen molar-refractivity contribution in [2.75, 3.05) is 10.2 Å². The van der Waals surface area contributed by atoms with E-state index in [0.717, 1.165) is 39.2 Å². The molecule has 1 saturated heterocycles. The summed E-state index contributed by atoms with van der Waals surface area (Å²) in [5.74, 6) is -0.327. The van der Waals surface area contributed by atoms with Gasteiger partial charge in [0.25, 0.3) is 5.91 Å². The van der Waals surface area contributed by atoms with E-state index in [0.29, 0.717) is 0 Å². The number of para-hydroxylation sites is 1. The Labute approximate surface area is 148 Å². The molecule has 2 aromatic rings. The van der Waals surface area contributed by atoms with Crippen LogP contribution in [0.2, 0.25) is 0 Å². The number of imide groups is 1. The fraction of sp³-hybridized carbons (Fsp3) is 0.333. The van der Waals surface area contributed by atoms with Crippen LogP contribution in [0.1, 0.15) is 34.2 Å². The van der Waals surface area contributed by atoms with Crippen molar-refractivity contribution >= 4 is 23.2 Å². The molecule has 25 heavy (non-hydrogen) atoms. The predicted octanol–water partition coefficient (Wildman–Crippen LogP) is 3.97. The molecule has 0 spiro atoms. The summed E-state index contributed by atoms with van der Waals surface area (Å²) in [4.78, 5) is 26.9. The summed E-state index contributed by atoms with van der Waals surface area (Å²) in [6, 6.07) is 9.49. The van der Waals surface area contributed by atoms with Gasteiger partial charge in [-0.15, -0.1) is 0 Å². The Morgan fingerprint density at radius 1 is 0.920 bits per heavy atom. The minimum Gasteiger partial charge on any atom is -0.373 e. The number of rotatable bonds is 3. The highest BCUT2D eigenvalue weighted by Gasteiger charge is 2.41. The number of anilines is 2. The van der Waals surface area contributed by atoms with Crippen LogP contribution in [-0.2, 0) is 9.59 Å². The molecule has 4 nitrogen and oxygen atoms in total. The van der Waals surface area contributed by atoms with E-state index in [1.54, 1.807) is 0 Å². The van der Waals surface area contributed by atoms with E-state index in [4.69, 9.17) is 0 Å². The standard InChI is InChI=1S/C21H24N2O2/c1-12-9-15(4)20(16(5)10-12)23-18(24)11-17(21(23)25)22-19-13(2)7-6-8-14(19)3/h6-10,17,22H,11H2,1-5H3. The van der Waals surface area contributed by atoms with Crippen molar-refractivity contribution in [3.05, 3.63) is 58.1 Å². The Bertz CT molecular complexity index is 827. The minimum absolute atomic E-state index is 0.149. The first-order chi connectivity index (χ1) is 11.8. The van der Waals surface area contributed by atoms with Crippen LogP contribution in [-0.4, -0.2) is 17.9 Å². The lowest BCUT2D eigenvalue weighted by atomic mass is 10.0. The van der Waals surface area contributed by atoms with E-state index in [-0.39, 0.29) is 18.2 Å². The molecule has 2 aromatic carbocycles. The van der Waals surface area contributed by atoms with Crippen LogP contribution >= 0.6 is 0 Å². The van der Waals surface area contributed by atoms with Gasteiger partial charge in [-0.1, -0.05) is 35.9 Å². The number of benzene rings is 2. The van der Waals surface area contributed by atoms with Gasteiger partial charge in [0.05, 0.1) is 12.1 Å². The highest BCUT2D eigenvalue weighted by atomic mass is 16.2. The Hall–Kier alpha value is -2.62. The number of aryl methyl sites for hydroxylation is 5. The number of hydrogen-bond donors (Lipinski definition) is 1. The lowest BCUT2D eigenvalue weighted by Gasteiger charge is -2.21. The first-order valence-electron chi connectivity index (χ1n) is 8.57. The van der Waals surface area contributed by atoms with Crippen LogP contribution < -0.4 is 10.2 Å². The zero-order chi connectivity index (χ0) is 18.3. The van der Waals surface area contributed by atoms with Gasteiger partial charge in [-0.2, -0.15) is 0 Å². The van der Waals surface area contributed by atoms with Crippen LogP contribution in [0.15, 0.2) is 30.3 Å². The average Bonchev–Trinajstić information content (AvgIpc) is 2.78. The van der Waals surface area contributed by atoms with Crippen LogP contribution in [0.4, 0.5) is 11.4 Å². The molecule has 1 heterocycles. The smallest absolute Gasteiger partial charge is 0.256 e. The maximum atomic E-state index is 13.0. The SMILES string of the molecule is Cc1cc(C)c(N2C(=O)CC(Nc3c(C)cccc3C)C2=O)c(C)c1. The minimum atomic E-state index is -0.521. The number of hydrogen-bond acceptors (Lipinski definition) is 3. The van der Waals surface area contributed by atoms with Gasteiger partial charge < -0.3 is 5.32 Å². The quantitative estimate of drug-likeness (QED) is 0.863. The molecule has 1 fully saturated rings. The molecule has 0 saturated carbocycles. The highest BCUT2D eigenvalue weighted by molar-refractivity contribution is 6.23. The molecular weight excluding hydrogens is 312 g/mol. The third-order valence-corrected chi connectivity index (χ3v) is 4.81. The summed E-state index contributed by atoms with van der Waals surface area (Å²) in [5, 5.41) is 3.30. The molecule has 2 amide bonds. The van der Waals surface area contributed by atoms with E-state index >= 15 is 0 Å². The molecule has 0 aliphatic carbocycles. The van der Waals surface area contributed by atoms with Crippen molar-refractivity contribution in [2.24, 2.45) is 0 Å². The van der Waals surface area contributed by atoms with Gasteiger partial charge in [-0.05, 0) is 56.9 Å². The molecule has 1 atom stereocenters. The van der Waals surface area contributed by atoms with Gasteiger partial charge in [0.15, 0.2) is 0 Å². The fourth-order valence-corrected chi connectivity index (χ4v) is 3.72. The molecule has 1 unspecified atom stereocenters. The van der Waals surface area contributed by atoms with E-state index in [1.165, 1.54) is 4.90 Å². The van der Waals surface area contributed by atoms with Gasteiger partial charge in [0, 0.05) is 5.69 Å². The van der Waals surface area contributed by atoms with Crippen molar-refractivity contribution < 1.29 is 9.59 Å². The third-order valence-electron chi connectivity index (χ3n) is 4.81. The summed E-state index contributed by atoms with van der Waals surface area (Å²) < 4.78 is 0. The van der Waals surface area contributed by atoms with Crippen LogP contribution in [0, 0.1) is 34.6 Å². The molecule has 3 rings (SSSR count). The largest absolute Gasteiger partial charge is 0.373 e. The zero-order valence-corrected chi connectivity index (χ0v) is 15.4. The summed E-state index contributed by atoms with van der Waals surface area (Å²) >= 11 is 0. The maximum Gasteiger partial charge on any atom is 0.256 e. The summed E-state index contributed by atoms with van der Waals surface area (Å²) in [6.45, 7) is 9.91. The monoisotopic (exact) mass is 336 g/mol. The van der Waals surface area contributed by atoms with Crippen molar-refractivity contribution in [3.8, 4) is 0 Å². The van der Waals surface area contributed by atoms with Crippen molar-refractivity contribution in [2.45, 2.75) is 47.1 Å². The van der Waals surface area contributed by atoms with Gasteiger partial charge in [-0.3, -0.25) is 9.59 Å². The molecule has 1 aliphatic rings. The second-order valence-electron chi connectivity index (χ2n) is 6.98. The normalized spacial score (nSPS) is 17.3. The Morgan fingerprint density at radius 2 is 1.48 bits per heavy atom. The number of carbonyl (C=O) groups excluding carboxylic acids is 2. The predicted molar refractivity (Wildman–Crippen MR) is 101 cm³/mol. The van der Waals surface area contributed by atoms with Gasteiger partial charge in [0.2, 0.25) is 5.91 Å². The molecule has 130 valence electrons. The Morgan fingerprint density at radius 3 is 2.04 bits per heavy atom. The Balaban J connectivity index is 1.94. The van der Waals surface area contributed by atoms with E-state index in [9.17, 15) is 9.59 Å². The number of nitrogens with zero attached hydrogens (tertiary/aromatic N) is 1. The summed E-state index contributed by atoms with van der Waals surface area (Å²) in [6.07, 6.45) is 0.180. The van der Waals surface area contributed by atoms with E-state index in [2.05, 4.69) is 5.32 Å². The Kier molecular flexibility index (Phi) is 4.38. The van der Waals surface area contributed by atoms with Crippen LogP contribution in [0.5, 0.6) is 0 Å². The highest BCUT2D eigenvalue weighted by Crippen LogP contribution is 2.32. The molecule has 1 aliphatic heterocycles. The second kappa shape index (κ2) is 6.36. The number of nitrogens with one attached hydrogen (secondary N) is 1. The zero-order valence-electron chi connectivity index (χ0n) is 15.4. The topological polar surface area (TPSA) is 49.4 Å². The molecule has 0 radical (unpaired) electrons. The lowest BCUT2D eigenvalue weighted by Crippen LogP contribution is -2.36. The lowest BCUT2D eigenvalue weighted by molar-refractivity contribution is -0.121. The van der Waals surface area contributed by atoms with Gasteiger partial charge in [0.1, 0.15) is 6.04 Å². The first kappa shape index (κ1) is 17.2. The van der Waals surface area contributed by atoms with Gasteiger partial charge in [-0.25, -0.2) is 4.90 Å². The first-order valence-corrected chi connectivity index (χ1v) is 8.57. The van der Waals surface area contributed by atoms with E-state index in [1.807, 2.05) is 65.0 Å². The van der Waals surface area contributed by atoms with E-state index < -0.39 is 6.04 Å². The van der Waals surface area contributed by atoms with Crippen LogP contribution in [0.3, 0.4) is 0 Å². The average molecular weight is 336 g/mol. The van der Waals surface area contributed by atoms with Gasteiger partial charge >= 0.3 is 0 Å². The van der Waals surface area contributed by atoms with Crippen molar-refractivity contribution in [1.82, 2.24) is 0 Å². The molecule has 0 bridgehead atoms.